The van der Waals surface area contributed by atoms with E-state index in [9.17, 15) is 9.59 Å². The Morgan fingerprint density at radius 2 is 2.14 bits per heavy atom. The molecule has 7 nitrogen and oxygen atoms in total. The largest absolute Gasteiger partial charge is 0.478 e. The fourth-order valence-corrected chi connectivity index (χ4v) is 2.19. The van der Waals surface area contributed by atoms with Crippen molar-refractivity contribution >= 4 is 11.9 Å². The van der Waals surface area contributed by atoms with Crippen molar-refractivity contribution in [2.24, 2.45) is 5.92 Å². The summed E-state index contributed by atoms with van der Waals surface area (Å²) < 4.78 is 15.8. The lowest BCUT2D eigenvalue weighted by molar-refractivity contribution is 0.0202. The van der Waals surface area contributed by atoms with E-state index in [4.69, 9.17) is 19.0 Å². The van der Waals surface area contributed by atoms with Crippen LogP contribution in [0.5, 0.6) is 0 Å². The maximum absolute atomic E-state index is 11.7. The molecule has 2 heterocycles. The van der Waals surface area contributed by atoms with Crippen molar-refractivity contribution in [3.8, 4) is 0 Å². The van der Waals surface area contributed by atoms with Gasteiger partial charge >= 0.3 is 5.97 Å². The van der Waals surface area contributed by atoms with E-state index in [0.29, 0.717) is 25.5 Å². The number of amides is 1. The van der Waals surface area contributed by atoms with Crippen LogP contribution < -0.4 is 5.32 Å². The highest BCUT2D eigenvalue weighted by molar-refractivity contribution is 5.95. The van der Waals surface area contributed by atoms with E-state index in [-0.39, 0.29) is 11.3 Å². The number of furan rings is 1. The molecule has 1 saturated heterocycles. The van der Waals surface area contributed by atoms with Gasteiger partial charge in [-0.1, -0.05) is 0 Å². The van der Waals surface area contributed by atoms with Crippen molar-refractivity contribution in [2.45, 2.75) is 19.3 Å². The van der Waals surface area contributed by atoms with E-state index in [1.54, 1.807) is 0 Å². The number of nitrogens with one attached hydrogen (secondary N) is 1. The van der Waals surface area contributed by atoms with Crippen molar-refractivity contribution in [3.63, 3.8) is 0 Å². The van der Waals surface area contributed by atoms with E-state index in [0.717, 1.165) is 38.9 Å². The molecule has 0 unspecified atom stereocenters. The molecule has 0 aliphatic carbocycles. The zero-order chi connectivity index (χ0) is 15.8. The number of hydrogen-bond donors (Lipinski definition) is 2. The molecule has 2 N–H and O–H groups in total. The summed E-state index contributed by atoms with van der Waals surface area (Å²) >= 11 is 0. The molecule has 1 aromatic rings. The predicted molar refractivity (Wildman–Crippen MR) is 77.0 cm³/mol. The second kappa shape index (κ2) is 8.55. The van der Waals surface area contributed by atoms with Gasteiger partial charge in [0.15, 0.2) is 5.76 Å². The average Bonchev–Trinajstić information content (AvgIpc) is 3.02. The van der Waals surface area contributed by atoms with Crippen molar-refractivity contribution in [1.82, 2.24) is 5.32 Å². The highest BCUT2D eigenvalue weighted by Gasteiger charge is 2.15. The predicted octanol–water partition coefficient (Wildman–Crippen LogP) is 1.54. The number of ether oxygens (including phenoxy) is 2. The maximum Gasteiger partial charge on any atom is 0.338 e. The highest BCUT2D eigenvalue weighted by Crippen LogP contribution is 2.14. The quantitative estimate of drug-likeness (QED) is 0.707. The topological polar surface area (TPSA) is 98.0 Å². The van der Waals surface area contributed by atoms with Crippen molar-refractivity contribution in [1.29, 1.82) is 0 Å². The molecule has 0 saturated carbocycles. The molecule has 1 aromatic heterocycles. The van der Waals surface area contributed by atoms with Crippen LogP contribution in [0.25, 0.3) is 0 Å². The third-order valence-corrected chi connectivity index (χ3v) is 3.52. The Balaban J connectivity index is 1.55. The van der Waals surface area contributed by atoms with Gasteiger partial charge in [0.1, 0.15) is 6.26 Å². The first-order valence-corrected chi connectivity index (χ1v) is 7.42. The van der Waals surface area contributed by atoms with Crippen LogP contribution in [0.15, 0.2) is 16.7 Å². The highest BCUT2D eigenvalue weighted by atomic mass is 16.5. The molecule has 0 radical (unpaired) electrons. The molecule has 122 valence electrons. The molecule has 0 bridgehead atoms. The average molecular weight is 311 g/mol. The molecule has 1 aliphatic heterocycles. The Labute approximate surface area is 128 Å². The Morgan fingerprint density at radius 1 is 1.36 bits per heavy atom. The standard InChI is InChI=1S/C15H21NO6/c17-14(13-8-12(10-22-13)15(18)19)16-4-1-5-21-9-11-2-6-20-7-3-11/h8,10-11H,1-7,9H2,(H,16,17)(H,18,19). The van der Waals surface area contributed by atoms with Gasteiger partial charge in [-0.05, 0) is 25.2 Å². The minimum atomic E-state index is -1.12. The molecular formula is C15H21NO6. The smallest absolute Gasteiger partial charge is 0.338 e. The molecule has 22 heavy (non-hydrogen) atoms. The van der Waals surface area contributed by atoms with Crippen LogP contribution in [-0.4, -0.2) is 50.0 Å². The number of carboxylic acid groups (broad SMARTS) is 1. The van der Waals surface area contributed by atoms with Gasteiger partial charge in [-0.2, -0.15) is 0 Å². The Bertz CT molecular complexity index is 492. The fraction of sp³-hybridized carbons (Fsp3) is 0.600. The lowest BCUT2D eigenvalue weighted by Crippen LogP contribution is -2.25. The van der Waals surface area contributed by atoms with E-state index in [2.05, 4.69) is 5.32 Å². The summed E-state index contributed by atoms with van der Waals surface area (Å²) in [7, 11) is 0. The van der Waals surface area contributed by atoms with Crippen LogP contribution in [0.2, 0.25) is 0 Å². The second-order valence-corrected chi connectivity index (χ2v) is 5.24. The molecule has 0 aromatic carbocycles. The number of carbonyl (C=O) groups is 2. The van der Waals surface area contributed by atoms with E-state index in [1.165, 1.54) is 6.07 Å². The molecule has 1 aliphatic rings. The minimum absolute atomic E-state index is 0.000485. The van der Waals surface area contributed by atoms with Gasteiger partial charge in [-0.3, -0.25) is 4.79 Å². The normalized spacial score (nSPS) is 15.6. The first-order valence-electron chi connectivity index (χ1n) is 7.42. The summed E-state index contributed by atoms with van der Waals surface area (Å²) in [6, 6.07) is 1.21. The molecule has 7 heteroatoms. The van der Waals surface area contributed by atoms with Crippen LogP contribution >= 0.6 is 0 Å². The molecule has 1 amide bonds. The number of hydrogen-bond acceptors (Lipinski definition) is 5. The van der Waals surface area contributed by atoms with Crippen LogP contribution in [0.1, 0.15) is 40.2 Å². The summed E-state index contributed by atoms with van der Waals surface area (Å²) in [5.74, 6) is -0.970. The SMILES string of the molecule is O=C(O)c1coc(C(=O)NCCCOCC2CCOCC2)c1. The van der Waals surface area contributed by atoms with Gasteiger partial charge in [-0.15, -0.1) is 0 Å². The van der Waals surface area contributed by atoms with Crippen LogP contribution in [0.4, 0.5) is 0 Å². The van der Waals surface area contributed by atoms with Gasteiger partial charge in [0.25, 0.3) is 5.91 Å². The second-order valence-electron chi connectivity index (χ2n) is 5.24. The van der Waals surface area contributed by atoms with Crippen LogP contribution in [0.3, 0.4) is 0 Å². The van der Waals surface area contributed by atoms with E-state index < -0.39 is 11.9 Å². The summed E-state index contributed by atoms with van der Waals surface area (Å²) in [4.78, 5) is 22.4. The first kappa shape index (κ1) is 16.5. The van der Waals surface area contributed by atoms with E-state index in [1.807, 2.05) is 0 Å². The summed E-state index contributed by atoms with van der Waals surface area (Å²) in [6.07, 6.45) is 3.83. The van der Waals surface area contributed by atoms with Gasteiger partial charge in [0.2, 0.25) is 0 Å². The monoisotopic (exact) mass is 311 g/mol. The third-order valence-electron chi connectivity index (χ3n) is 3.52. The summed E-state index contributed by atoms with van der Waals surface area (Å²) in [5, 5.41) is 11.4. The van der Waals surface area contributed by atoms with Gasteiger partial charge in [-0.25, -0.2) is 4.79 Å². The van der Waals surface area contributed by atoms with Crippen molar-refractivity contribution < 1.29 is 28.6 Å². The lowest BCUT2D eigenvalue weighted by Gasteiger charge is -2.21. The van der Waals surface area contributed by atoms with Crippen LogP contribution in [0, 0.1) is 5.92 Å². The van der Waals surface area contributed by atoms with Crippen molar-refractivity contribution in [2.75, 3.05) is 33.0 Å². The molecule has 2 rings (SSSR count). The van der Waals surface area contributed by atoms with Gasteiger partial charge < -0.3 is 24.3 Å². The lowest BCUT2D eigenvalue weighted by atomic mass is 10.0. The molecular weight excluding hydrogens is 290 g/mol. The summed E-state index contributed by atoms with van der Waals surface area (Å²) in [5.41, 5.74) is -0.0371. The van der Waals surface area contributed by atoms with Gasteiger partial charge in [0.05, 0.1) is 5.56 Å². The molecule has 1 fully saturated rings. The Kier molecular flexibility index (Phi) is 6.42. The number of carboxylic acids is 1. The molecule has 0 spiro atoms. The Morgan fingerprint density at radius 3 is 2.82 bits per heavy atom. The first-order chi connectivity index (χ1) is 10.7. The fourth-order valence-electron chi connectivity index (χ4n) is 2.19. The van der Waals surface area contributed by atoms with Gasteiger partial charge in [0, 0.05) is 39.0 Å². The van der Waals surface area contributed by atoms with Crippen LogP contribution in [-0.2, 0) is 9.47 Å². The number of aromatic carboxylic acids is 1. The van der Waals surface area contributed by atoms with Crippen molar-refractivity contribution in [3.05, 3.63) is 23.7 Å². The Hall–Kier alpha value is -1.86. The maximum atomic E-state index is 11.7. The zero-order valence-electron chi connectivity index (χ0n) is 12.4. The minimum Gasteiger partial charge on any atom is -0.478 e. The zero-order valence-corrected chi connectivity index (χ0v) is 12.4. The molecule has 0 atom stereocenters. The number of carbonyl (C=O) groups excluding carboxylic acids is 1. The van der Waals surface area contributed by atoms with E-state index >= 15 is 0 Å². The number of rotatable bonds is 8. The third kappa shape index (κ3) is 5.16. The summed E-state index contributed by atoms with van der Waals surface area (Å²) in [6.45, 7) is 3.39.